The van der Waals surface area contributed by atoms with Gasteiger partial charge in [0.2, 0.25) is 5.91 Å². The zero-order valence-corrected chi connectivity index (χ0v) is 12.5. The molecule has 2 atom stereocenters. The lowest BCUT2D eigenvalue weighted by Crippen LogP contribution is -2.48. The van der Waals surface area contributed by atoms with E-state index < -0.39 is 0 Å². The maximum Gasteiger partial charge on any atom is 0.308 e. The van der Waals surface area contributed by atoms with Crippen molar-refractivity contribution in [3.8, 4) is 0 Å². The third-order valence-electron chi connectivity index (χ3n) is 3.76. The third-order valence-corrected chi connectivity index (χ3v) is 3.76. The number of nitrogens with one attached hydrogen (secondary N) is 1. The summed E-state index contributed by atoms with van der Waals surface area (Å²) < 4.78 is 15.6. The average molecular weight is 300 g/mol. The maximum atomic E-state index is 11.9. The second-order valence-electron chi connectivity index (χ2n) is 5.45. The van der Waals surface area contributed by atoms with E-state index in [0.29, 0.717) is 32.8 Å². The van der Waals surface area contributed by atoms with Gasteiger partial charge in [-0.1, -0.05) is 0 Å². The van der Waals surface area contributed by atoms with Gasteiger partial charge in [-0.2, -0.15) is 0 Å². The molecule has 0 aromatic heterocycles. The normalized spacial score (nSPS) is 26.5. The van der Waals surface area contributed by atoms with Crippen LogP contribution in [0.4, 0.5) is 0 Å². The lowest BCUT2D eigenvalue weighted by Gasteiger charge is -2.31. The number of amides is 1. The predicted octanol–water partition coefficient (Wildman–Crippen LogP) is -0.454. The Morgan fingerprint density at radius 1 is 1.29 bits per heavy atom. The molecule has 7 nitrogen and oxygen atoms in total. The lowest BCUT2D eigenvalue weighted by molar-refractivity contribution is -0.145. The minimum Gasteiger partial charge on any atom is -0.469 e. The molecule has 1 N–H and O–H groups in total. The molecule has 0 radical (unpaired) electrons. The fraction of sp³-hybridized carbons (Fsp3) is 0.857. The van der Waals surface area contributed by atoms with Gasteiger partial charge >= 0.3 is 5.97 Å². The number of hydrogen-bond acceptors (Lipinski definition) is 6. The minimum absolute atomic E-state index is 0.00998. The third kappa shape index (κ3) is 5.61. The van der Waals surface area contributed by atoms with Crippen molar-refractivity contribution in [1.29, 1.82) is 0 Å². The van der Waals surface area contributed by atoms with E-state index >= 15 is 0 Å². The zero-order chi connectivity index (χ0) is 15.1. The van der Waals surface area contributed by atoms with Crippen LogP contribution in [0.2, 0.25) is 0 Å². The molecule has 7 heteroatoms. The SMILES string of the molecule is COC(=O)CC1CN(CC(=O)NCC2CCCO2)CCO1. The van der Waals surface area contributed by atoms with Gasteiger partial charge in [0.15, 0.2) is 0 Å². The first-order chi connectivity index (χ1) is 10.2. The topological polar surface area (TPSA) is 77.1 Å². The lowest BCUT2D eigenvalue weighted by atomic mass is 10.2. The number of carbonyl (C=O) groups is 2. The Morgan fingerprint density at radius 2 is 2.10 bits per heavy atom. The van der Waals surface area contributed by atoms with Crippen LogP contribution in [0.15, 0.2) is 0 Å². The van der Waals surface area contributed by atoms with E-state index in [-0.39, 0.29) is 30.5 Å². The molecule has 2 aliphatic heterocycles. The van der Waals surface area contributed by atoms with Crippen LogP contribution in [0.1, 0.15) is 19.3 Å². The van der Waals surface area contributed by atoms with E-state index in [1.165, 1.54) is 7.11 Å². The quantitative estimate of drug-likeness (QED) is 0.669. The minimum atomic E-state index is -0.287. The summed E-state index contributed by atoms with van der Waals surface area (Å²) in [6.07, 6.45) is 2.27. The van der Waals surface area contributed by atoms with Gasteiger partial charge in [0.25, 0.3) is 0 Å². The average Bonchev–Trinajstić information content (AvgIpc) is 2.98. The molecule has 120 valence electrons. The fourth-order valence-electron chi connectivity index (χ4n) is 2.61. The van der Waals surface area contributed by atoms with Crippen LogP contribution >= 0.6 is 0 Å². The van der Waals surface area contributed by atoms with Gasteiger partial charge in [-0.05, 0) is 12.8 Å². The highest BCUT2D eigenvalue weighted by atomic mass is 16.5. The highest BCUT2D eigenvalue weighted by Gasteiger charge is 2.25. The molecule has 2 heterocycles. The standard InChI is InChI=1S/C14H24N2O5/c1-19-14(18)7-12-9-16(4-6-21-12)10-13(17)15-8-11-3-2-5-20-11/h11-12H,2-10H2,1H3,(H,15,17). The van der Waals surface area contributed by atoms with Gasteiger partial charge in [0.05, 0.1) is 38.9 Å². The van der Waals surface area contributed by atoms with Crippen molar-refractivity contribution in [2.45, 2.75) is 31.5 Å². The summed E-state index contributed by atoms with van der Waals surface area (Å²) in [5.41, 5.74) is 0. The first kappa shape index (κ1) is 16.2. The van der Waals surface area contributed by atoms with Crippen LogP contribution in [-0.2, 0) is 23.8 Å². The van der Waals surface area contributed by atoms with E-state index in [1.54, 1.807) is 0 Å². The predicted molar refractivity (Wildman–Crippen MR) is 74.8 cm³/mol. The molecular formula is C14H24N2O5. The van der Waals surface area contributed by atoms with Crippen LogP contribution in [0.5, 0.6) is 0 Å². The molecular weight excluding hydrogens is 276 g/mol. The summed E-state index contributed by atoms with van der Waals surface area (Å²) >= 11 is 0. The molecule has 2 fully saturated rings. The first-order valence-electron chi connectivity index (χ1n) is 7.46. The summed E-state index contributed by atoms with van der Waals surface area (Å²) in [5, 5.41) is 2.90. The molecule has 2 aliphatic rings. The summed E-state index contributed by atoms with van der Waals surface area (Å²) in [6, 6.07) is 0. The molecule has 0 bridgehead atoms. The van der Waals surface area contributed by atoms with Crippen LogP contribution in [0, 0.1) is 0 Å². The van der Waals surface area contributed by atoms with E-state index in [1.807, 2.05) is 4.90 Å². The molecule has 0 aromatic carbocycles. The number of hydrogen-bond donors (Lipinski definition) is 1. The molecule has 0 saturated carbocycles. The van der Waals surface area contributed by atoms with E-state index in [0.717, 1.165) is 19.4 Å². The molecule has 21 heavy (non-hydrogen) atoms. The summed E-state index contributed by atoms with van der Waals surface area (Å²) in [7, 11) is 1.36. The maximum absolute atomic E-state index is 11.9. The summed E-state index contributed by atoms with van der Waals surface area (Å²) in [6.45, 7) is 3.50. The Morgan fingerprint density at radius 3 is 2.81 bits per heavy atom. The van der Waals surface area contributed by atoms with Crippen molar-refractivity contribution >= 4 is 11.9 Å². The number of carbonyl (C=O) groups excluding carboxylic acids is 2. The van der Waals surface area contributed by atoms with E-state index in [9.17, 15) is 9.59 Å². The largest absolute Gasteiger partial charge is 0.469 e. The Bertz CT molecular complexity index is 357. The Hall–Kier alpha value is -1.18. The Labute approximate surface area is 124 Å². The van der Waals surface area contributed by atoms with Gasteiger partial charge in [-0.25, -0.2) is 0 Å². The molecule has 2 saturated heterocycles. The Kier molecular flexibility index (Phi) is 6.41. The Balaban J connectivity index is 1.66. The molecule has 2 rings (SSSR count). The summed E-state index contributed by atoms with van der Waals surface area (Å²) in [4.78, 5) is 25.2. The van der Waals surface area contributed by atoms with Gasteiger partial charge < -0.3 is 19.5 Å². The van der Waals surface area contributed by atoms with Crippen LogP contribution in [0.3, 0.4) is 0 Å². The van der Waals surface area contributed by atoms with Crippen LogP contribution in [0.25, 0.3) is 0 Å². The van der Waals surface area contributed by atoms with E-state index in [4.69, 9.17) is 9.47 Å². The van der Waals surface area contributed by atoms with Crippen LogP contribution < -0.4 is 5.32 Å². The monoisotopic (exact) mass is 300 g/mol. The van der Waals surface area contributed by atoms with Crippen molar-refractivity contribution in [1.82, 2.24) is 10.2 Å². The first-order valence-corrected chi connectivity index (χ1v) is 7.46. The number of esters is 1. The van der Waals surface area contributed by atoms with Gasteiger partial charge in [-0.3, -0.25) is 14.5 Å². The number of ether oxygens (including phenoxy) is 3. The molecule has 0 aliphatic carbocycles. The summed E-state index contributed by atoms with van der Waals surface area (Å²) in [5.74, 6) is -0.297. The highest BCUT2D eigenvalue weighted by molar-refractivity contribution is 5.78. The van der Waals surface area contributed by atoms with Crippen molar-refractivity contribution in [3.63, 3.8) is 0 Å². The smallest absolute Gasteiger partial charge is 0.308 e. The number of nitrogens with zero attached hydrogens (tertiary/aromatic N) is 1. The van der Waals surface area contributed by atoms with Crippen molar-refractivity contribution < 1.29 is 23.8 Å². The van der Waals surface area contributed by atoms with Gasteiger partial charge in [-0.15, -0.1) is 0 Å². The molecule has 0 aromatic rings. The molecule has 0 spiro atoms. The number of rotatable bonds is 6. The fourth-order valence-corrected chi connectivity index (χ4v) is 2.61. The molecule has 2 unspecified atom stereocenters. The van der Waals surface area contributed by atoms with Gasteiger partial charge in [0, 0.05) is 26.2 Å². The zero-order valence-electron chi connectivity index (χ0n) is 12.5. The van der Waals surface area contributed by atoms with Crippen molar-refractivity contribution in [2.75, 3.05) is 46.5 Å². The molecule has 1 amide bonds. The van der Waals surface area contributed by atoms with Crippen LogP contribution in [-0.4, -0.2) is 75.5 Å². The highest BCUT2D eigenvalue weighted by Crippen LogP contribution is 2.11. The van der Waals surface area contributed by atoms with E-state index in [2.05, 4.69) is 10.1 Å². The second-order valence-corrected chi connectivity index (χ2v) is 5.45. The van der Waals surface area contributed by atoms with Crippen molar-refractivity contribution in [2.24, 2.45) is 0 Å². The number of morpholine rings is 1. The van der Waals surface area contributed by atoms with Crippen molar-refractivity contribution in [3.05, 3.63) is 0 Å². The van der Waals surface area contributed by atoms with Gasteiger partial charge in [0.1, 0.15) is 0 Å². The second kappa shape index (κ2) is 8.31. The number of methoxy groups -OCH3 is 1.